The van der Waals surface area contributed by atoms with Crippen molar-refractivity contribution in [1.29, 1.82) is 0 Å². The first kappa shape index (κ1) is 18.6. The van der Waals surface area contributed by atoms with E-state index in [4.69, 9.17) is 11.6 Å². The summed E-state index contributed by atoms with van der Waals surface area (Å²) in [6.07, 6.45) is 0. The molecule has 2 heterocycles. The van der Waals surface area contributed by atoms with E-state index in [1.54, 1.807) is 35.6 Å². The Morgan fingerprint density at radius 1 is 1.07 bits per heavy atom. The quantitative estimate of drug-likeness (QED) is 0.395. The largest absolute Gasteiger partial charge is 0.340 e. The SMILES string of the molecule is CCn1c(-c2cccs2)c(CNC(=O)Nc2ccc(Cl)cc2)c2ccccc21. The second-order valence-corrected chi connectivity index (χ2v) is 7.76. The van der Waals surface area contributed by atoms with Crippen LogP contribution in [0.25, 0.3) is 21.5 Å². The number of rotatable bonds is 5. The van der Waals surface area contributed by atoms with Gasteiger partial charge in [-0.25, -0.2) is 4.79 Å². The van der Waals surface area contributed by atoms with Gasteiger partial charge < -0.3 is 15.2 Å². The van der Waals surface area contributed by atoms with Crippen molar-refractivity contribution in [2.45, 2.75) is 20.0 Å². The first-order chi connectivity index (χ1) is 13.7. The van der Waals surface area contributed by atoms with E-state index in [0.29, 0.717) is 17.3 Å². The second-order valence-electron chi connectivity index (χ2n) is 6.38. The van der Waals surface area contributed by atoms with E-state index in [1.165, 1.54) is 21.5 Å². The molecule has 4 rings (SSSR count). The third-order valence-electron chi connectivity index (χ3n) is 4.67. The van der Waals surface area contributed by atoms with Gasteiger partial charge in [-0.3, -0.25) is 0 Å². The van der Waals surface area contributed by atoms with Crippen LogP contribution < -0.4 is 10.6 Å². The average Bonchev–Trinajstić information content (AvgIpc) is 3.33. The normalized spacial score (nSPS) is 10.9. The molecule has 0 spiro atoms. The summed E-state index contributed by atoms with van der Waals surface area (Å²) in [5.41, 5.74) is 4.19. The van der Waals surface area contributed by atoms with Gasteiger partial charge in [0.25, 0.3) is 0 Å². The number of fused-ring (bicyclic) bond motifs is 1. The van der Waals surface area contributed by atoms with Gasteiger partial charge in [0.2, 0.25) is 0 Å². The Labute approximate surface area is 172 Å². The molecule has 6 heteroatoms. The number of urea groups is 1. The monoisotopic (exact) mass is 409 g/mol. The van der Waals surface area contributed by atoms with Gasteiger partial charge in [0, 0.05) is 40.3 Å². The molecule has 0 bridgehead atoms. The molecule has 0 atom stereocenters. The van der Waals surface area contributed by atoms with Crippen LogP contribution in [0.5, 0.6) is 0 Å². The molecule has 4 nitrogen and oxygen atoms in total. The minimum Gasteiger partial charge on any atom is -0.340 e. The maximum absolute atomic E-state index is 12.4. The number of halogens is 1. The number of nitrogens with one attached hydrogen (secondary N) is 2. The third kappa shape index (κ3) is 3.63. The van der Waals surface area contributed by atoms with Crippen molar-refractivity contribution in [2.24, 2.45) is 0 Å². The van der Waals surface area contributed by atoms with Gasteiger partial charge >= 0.3 is 6.03 Å². The van der Waals surface area contributed by atoms with Crippen molar-refractivity contribution >= 4 is 45.6 Å². The summed E-state index contributed by atoms with van der Waals surface area (Å²) in [5.74, 6) is 0. The fraction of sp³-hybridized carbons (Fsp3) is 0.136. The maximum Gasteiger partial charge on any atom is 0.319 e. The van der Waals surface area contributed by atoms with Crippen LogP contribution >= 0.6 is 22.9 Å². The lowest BCUT2D eigenvalue weighted by Crippen LogP contribution is -2.28. The Morgan fingerprint density at radius 2 is 1.86 bits per heavy atom. The first-order valence-electron chi connectivity index (χ1n) is 9.11. The number of hydrogen-bond acceptors (Lipinski definition) is 2. The molecule has 0 saturated carbocycles. The van der Waals surface area contributed by atoms with Gasteiger partial charge in [-0.2, -0.15) is 0 Å². The molecule has 28 heavy (non-hydrogen) atoms. The lowest BCUT2D eigenvalue weighted by molar-refractivity contribution is 0.252. The van der Waals surface area contributed by atoms with E-state index in [9.17, 15) is 4.79 Å². The zero-order chi connectivity index (χ0) is 19.5. The maximum atomic E-state index is 12.4. The Kier molecular flexibility index (Phi) is 5.37. The van der Waals surface area contributed by atoms with Crippen LogP contribution in [0.15, 0.2) is 66.0 Å². The number of benzene rings is 2. The number of para-hydroxylation sites is 1. The molecule has 2 aromatic carbocycles. The van der Waals surface area contributed by atoms with Gasteiger partial charge in [-0.15, -0.1) is 11.3 Å². The van der Waals surface area contributed by atoms with E-state index in [1.807, 2.05) is 6.07 Å². The van der Waals surface area contributed by atoms with Crippen LogP contribution in [0, 0.1) is 0 Å². The Morgan fingerprint density at radius 3 is 2.57 bits per heavy atom. The average molecular weight is 410 g/mol. The van der Waals surface area contributed by atoms with Crippen molar-refractivity contribution in [3.05, 3.63) is 76.6 Å². The zero-order valence-electron chi connectivity index (χ0n) is 15.4. The molecule has 2 amide bonds. The van der Waals surface area contributed by atoms with Crippen molar-refractivity contribution in [3.63, 3.8) is 0 Å². The third-order valence-corrected chi connectivity index (χ3v) is 5.80. The van der Waals surface area contributed by atoms with E-state index >= 15 is 0 Å². The summed E-state index contributed by atoms with van der Waals surface area (Å²) in [4.78, 5) is 13.6. The van der Waals surface area contributed by atoms with Crippen LogP contribution in [-0.2, 0) is 13.1 Å². The topological polar surface area (TPSA) is 46.1 Å². The Bertz CT molecular complexity index is 1100. The number of thiophene rings is 1. The highest BCUT2D eigenvalue weighted by molar-refractivity contribution is 7.13. The Hall–Kier alpha value is -2.76. The van der Waals surface area contributed by atoms with Crippen LogP contribution in [0.3, 0.4) is 0 Å². The van der Waals surface area contributed by atoms with E-state index in [2.05, 4.69) is 57.8 Å². The summed E-state index contributed by atoms with van der Waals surface area (Å²) in [6, 6.07) is 19.3. The van der Waals surface area contributed by atoms with Crippen molar-refractivity contribution in [2.75, 3.05) is 5.32 Å². The number of anilines is 1. The van der Waals surface area contributed by atoms with Gasteiger partial charge in [0.15, 0.2) is 0 Å². The highest BCUT2D eigenvalue weighted by Crippen LogP contribution is 2.36. The predicted octanol–water partition coefficient (Wildman–Crippen LogP) is 6.36. The van der Waals surface area contributed by atoms with Crippen molar-refractivity contribution in [3.8, 4) is 10.6 Å². The number of hydrogen-bond donors (Lipinski definition) is 2. The molecule has 0 saturated heterocycles. The fourth-order valence-electron chi connectivity index (χ4n) is 3.45. The van der Waals surface area contributed by atoms with Gasteiger partial charge in [-0.1, -0.05) is 35.9 Å². The number of amides is 2. The van der Waals surface area contributed by atoms with Gasteiger partial charge in [0.1, 0.15) is 0 Å². The zero-order valence-corrected chi connectivity index (χ0v) is 17.0. The first-order valence-corrected chi connectivity index (χ1v) is 10.4. The molecule has 0 aliphatic rings. The highest BCUT2D eigenvalue weighted by atomic mass is 35.5. The molecule has 0 unspecified atom stereocenters. The molecule has 0 fully saturated rings. The summed E-state index contributed by atoms with van der Waals surface area (Å²) >= 11 is 7.61. The summed E-state index contributed by atoms with van der Waals surface area (Å²) < 4.78 is 2.31. The summed E-state index contributed by atoms with van der Waals surface area (Å²) in [7, 11) is 0. The van der Waals surface area contributed by atoms with E-state index in [-0.39, 0.29) is 6.03 Å². The molecule has 2 N–H and O–H groups in total. The van der Waals surface area contributed by atoms with Crippen LogP contribution in [0.4, 0.5) is 10.5 Å². The standard InChI is InChI=1S/C22H20ClN3OS/c1-2-26-19-7-4-3-6-17(19)18(21(26)20-8-5-13-28-20)14-24-22(27)25-16-11-9-15(23)10-12-16/h3-13H,2,14H2,1H3,(H2,24,25,27). The molecule has 142 valence electrons. The minimum atomic E-state index is -0.243. The van der Waals surface area contributed by atoms with Crippen LogP contribution in [0.1, 0.15) is 12.5 Å². The number of nitrogens with zero attached hydrogens (tertiary/aromatic N) is 1. The lowest BCUT2D eigenvalue weighted by atomic mass is 10.1. The van der Waals surface area contributed by atoms with Crippen molar-refractivity contribution < 1.29 is 4.79 Å². The number of carbonyl (C=O) groups is 1. The molecule has 0 aliphatic heterocycles. The molecular formula is C22H20ClN3OS. The van der Waals surface area contributed by atoms with E-state index in [0.717, 1.165) is 12.1 Å². The smallest absolute Gasteiger partial charge is 0.319 e. The number of aromatic nitrogens is 1. The van der Waals surface area contributed by atoms with Gasteiger partial charge in [0.05, 0.1) is 10.6 Å². The number of carbonyl (C=O) groups excluding carboxylic acids is 1. The minimum absolute atomic E-state index is 0.243. The van der Waals surface area contributed by atoms with Crippen LogP contribution in [0.2, 0.25) is 5.02 Å². The molecule has 0 radical (unpaired) electrons. The fourth-order valence-corrected chi connectivity index (χ4v) is 4.39. The van der Waals surface area contributed by atoms with Crippen molar-refractivity contribution in [1.82, 2.24) is 9.88 Å². The lowest BCUT2D eigenvalue weighted by Gasteiger charge is -2.11. The van der Waals surface area contributed by atoms with Crippen LogP contribution in [-0.4, -0.2) is 10.6 Å². The molecule has 2 aromatic heterocycles. The van der Waals surface area contributed by atoms with E-state index < -0.39 is 0 Å². The summed E-state index contributed by atoms with van der Waals surface area (Å²) in [6.45, 7) is 3.46. The second kappa shape index (κ2) is 8.09. The highest BCUT2D eigenvalue weighted by Gasteiger charge is 2.18. The number of aryl methyl sites for hydroxylation is 1. The predicted molar refractivity (Wildman–Crippen MR) is 118 cm³/mol. The summed E-state index contributed by atoms with van der Waals surface area (Å²) in [5, 5.41) is 9.74. The Balaban J connectivity index is 1.63. The molecular weight excluding hydrogens is 390 g/mol. The molecule has 0 aliphatic carbocycles. The van der Waals surface area contributed by atoms with Gasteiger partial charge in [-0.05, 0) is 48.7 Å². The molecule has 4 aromatic rings.